The Balaban J connectivity index is 2.73. The van der Waals surface area contributed by atoms with Crippen LogP contribution in [0.4, 0.5) is 10.1 Å². The minimum absolute atomic E-state index is 0.0111. The Labute approximate surface area is 93.4 Å². The number of hydrogen-bond acceptors (Lipinski definition) is 1. The summed E-state index contributed by atoms with van der Waals surface area (Å²) in [6.07, 6.45) is 0.765. The first kappa shape index (κ1) is 12.0. The van der Waals surface area contributed by atoms with Crippen molar-refractivity contribution in [2.75, 3.05) is 5.32 Å². The van der Waals surface area contributed by atoms with Crippen molar-refractivity contribution in [3.05, 3.63) is 29.0 Å². The summed E-state index contributed by atoms with van der Waals surface area (Å²) in [6.45, 7) is 3.77. The van der Waals surface area contributed by atoms with Gasteiger partial charge in [-0.1, -0.05) is 25.4 Å². The molecule has 0 aliphatic rings. The summed E-state index contributed by atoms with van der Waals surface area (Å²) in [5, 5.41) is 2.68. The number of carbonyl (C=O) groups excluding carboxylic acids is 1. The molecule has 1 atom stereocenters. The van der Waals surface area contributed by atoms with Gasteiger partial charge in [-0.25, -0.2) is 4.39 Å². The minimum atomic E-state index is -0.488. The zero-order valence-corrected chi connectivity index (χ0v) is 9.44. The van der Waals surface area contributed by atoms with E-state index in [0.717, 1.165) is 6.42 Å². The van der Waals surface area contributed by atoms with Crippen molar-refractivity contribution in [3.63, 3.8) is 0 Å². The van der Waals surface area contributed by atoms with Crippen LogP contribution in [0.3, 0.4) is 0 Å². The van der Waals surface area contributed by atoms with Gasteiger partial charge in [-0.3, -0.25) is 4.79 Å². The molecule has 0 heterocycles. The molecule has 0 aliphatic heterocycles. The van der Waals surface area contributed by atoms with Crippen LogP contribution in [0.1, 0.15) is 20.3 Å². The van der Waals surface area contributed by atoms with Crippen LogP contribution in [0.25, 0.3) is 0 Å². The van der Waals surface area contributed by atoms with E-state index >= 15 is 0 Å². The van der Waals surface area contributed by atoms with Gasteiger partial charge < -0.3 is 5.32 Å². The van der Waals surface area contributed by atoms with E-state index in [1.807, 2.05) is 13.8 Å². The van der Waals surface area contributed by atoms with Crippen molar-refractivity contribution in [1.82, 2.24) is 0 Å². The normalized spacial score (nSPS) is 12.3. The number of rotatable bonds is 3. The van der Waals surface area contributed by atoms with E-state index in [-0.39, 0.29) is 16.8 Å². The van der Waals surface area contributed by atoms with Crippen LogP contribution in [0.5, 0.6) is 0 Å². The molecule has 0 bridgehead atoms. The molecule has 0 radical (unpaired) electrons. The second-order valence-corrected chi connectivity index (χ2v) is 3.83. The van der Waals surface area contributed by atoms with E-state index < -0.39 is 5.82 Å². The highest BCUT2D eigenvalue weighted by molar-refractivity contribution is 6.31. The fraction of sp³-hybridized carbons (Fsp3) is 0.364. The topological polar surface area (TPSA) is 29.1 Å². The molecule has 1 N–H and O–H groups in total. The van der Waals surface area contributed by atoms with E-state index in [2.05, 4.69) is 5.32 Å². The Morgan fingerprint density at radius 1 is 1.60 bits per heavy atom. The monoisotopic (exact) mass is 229 g/mol. The molecule has 0 spiro atoms. The van der Waals surface area contributed by atoms with E-state index in [1.54, 1.807) is 0 Å². The van der Waals surface area contributed by atoms with E-state index in [1.165, 1.54) is 18.2 Å². The molecule has 0 aromatic heterocycles. The third-order valence-corrected chi connectivity index (χ3v) is 2.54. The van der Waals surface area contributed by atoms with Crippen LogP contribution in [0, 0.1) is 11.7 Å². The van der Waals surface area contributed by atoms with E-state index in [0.29, 0.717) is 5.69 Å². The van der Waals surface area contributed by atoms with Crippen molar-refractivity contribution in [2.45, 2.75) is 20.3 Å². The second-order valence-electron chi connectivity index (χ2n) is 3.43. The maximum Gasteiger partial charge on any atom is 0.227 e. The van der Waals surface area contributed by atoms with Crippen LogP contribution >= 0.6 is 11.6 Å². The highest BCUT2D eigenvalue weighted by atomic mass is 35.5. The Kier molecular flexibility index (Phi) is 4.09. The van der Waals surface area contributed by atoms with Crippen LogP contribution in [0.15, 0.2) is 18.2 Å². The van der Waals surface area contributed by atoms with Gasteiger partial charge in [-0.15, -0.1) is 0 Å². The van der Waals surface area contributed by atoms with E-state index in [4.69, 9.17) is 11.6 Å². The number of benzene rings is 1. The van der Waals surface area contributed by atoms with Gasteiger partial charge >= 0.3 is 0 Å². The Hall–Kier alpha value is -1.09. The molecule has 1 aromatic rings. The van der Waals surface area contributed by atoms with Gasteiger partial charge in [0.25, 0.3) is 0 Å². The average molecular weight is 230 g/mol. The molecule has 0 saturated heterocycles. The summed E-state index contributed by atoms with van der Waals surface area (Å²) in [5.74, 6) is -0.632. The Morgan fingerprint density at radius 3 is 2.80 bits per heavy atom. The maximum atomic E-state index is 12.8. The molecular weight excluding hydrogens is 217 g/mol. The molecule has 1 amide bonds. The molecule has 1 unspecified atom stereocenters. The first-order valence-electron chi connectivity index (χ1n) is 4.80. The lowest BCUT2D eigenvalue weighted by molar-refractivity contribution is -0.119. The van der Waals surface area contributed by atoms with Crippen molar-refractivity contribution >= 4 is 23.2 Å². The maximum absolute atomic E-state index is 12.8. The molecule has 0 fully saturated rings. The lowest BCUT2D eigenvalue weighted by Gasteiger charge is -2.10. The lowest BCUT2D eigenvalue weighted by atomic mass is 10.1. The third kappa shape index (κ3) is 3.20. The summed E-state index contributed by atoms with van der Waals surface area (Å²) in [4.78, 5) is 11.5. The number of anilines is 1. The molecule has 0 aliphatic carbocycles. The number of carbonyl (C=O) groups is 1. The highest BCUT2D eigenvalue weighted by Crippen LogP contribution is 2.19. The third-order valence-electron chi connectivity index (χ3n) is 2.25. The van der Waals surface area contributed by atoms with Gasteiger partial charge in [-0.2, -0.15) is 0 Å². The van der Waals surface area contributed by atoms with Gasteiger partial charge in [0, 0.05) is 11.6 Å². The molecule has 0 saturated carbocycles. The standard InChI is InChI=1S/C11H13ClFNO/c1-3-7(2)11(15)14-8-4-5-10(13)9(12)6-8/h4-7H,3H2,1-2H3,(H,14,15). The van der Waals surface area contributed by atoms with Crippen LogP contribution in [-0.4, -0.2) is 5.91 Å². The van der Waals surface area contributed by atoms with Gasteiger partial charge in [0.05, 0.1) is 5.02 Å². The second kappa shape index (κ2) is 5.12. The van der Waals surface area contributed by atoms with E-state index in [9.17, 15) is 9.18 Å². The molecule has 1 aromatic carbocycles. The average Bonchev–Trinajstić information content (AvgIpc) is 2.22. The number of amides is 1. The van der Waals surface area contributed by atoms with Gasteiger partial charge in [0.1, 0.15) is 5.82 Å². The largest absolute Gasteiger partial charge is 0.326 e. The van der Waals surface area contributed by atoms with Gasteiger partial charge in [-0.05, 0) is 24.6 Å². The van der Waals surface area contributed by atoms with Crippen molar-refractivity contribution in [2.24, 2.45) is 5.92 Å². The lowest BCUT2D eigenvalue weighted by Crippen LogP contribution is -2.19. The summed E-state index contributed by atoms with van der Waals surface area (Å²) in [5.41, 5.74) is 0.520. The Bertz CT molecular complexity index is 368. The summed E-state index contributed by atoms with van der Waals surface area (Å²) < 4.78 is 12.8. The quantitative estimate of drug-likeness (QED) is 0.845. The number of nitrogens with one attached hydrogen (secondary N) is 1. The zero-order chi connectivity index (χ0) is 11.4. The molecule has 4 heteroatoms. The highest BCUT2D eigenvalue weighted by Gasteiger charge is 2.11. The summed E-state index contributed by atoms with van der Waals surface area (Å²) >= 11 is 5.58. The van der Waals surface area contributed by atoms with Gasteiger partial charge in [0.15, 0.2) is 0 Å². The van der Waals surface area contributed by atoms with Gasteiger partial charge in [0.2, 0.25) is 5.91 Å². The molecule has 15 heavy (non-hydrogen) atoms. The minimum Gasteiger partial charge on any atom is -0.326 e. The fourth-order valence-corrected chi connectivity index (χ4v) is 1.21. The summed E-state index contributed by atoms with van der Waals surface area (Å²) in [6, 6.07) is 4.12. The predicted molar refractivity (Wildman–Crippen MR) is 59.5 cm³/mol. The molecular formula is C11H13ClFNO. The first-order valence-corrected chi connectivity index (χ1v) is 5.18. The van der Waals surface area contributed by atoms with Crippen LogP contribution in [-0.2, 0) is 4.79 Å². The molecule has 1 rings (SSSR count). The molecule has 82 valence electrons. The number of halogens is 2. The first-order chi connectivity index (χ1) is 7.04. The predicted octanol–water partition coefficient (Wildman–Crippen LogP) is 3.46. The fourth-order valence-electron chi connectivity index (χ4n) is 1.02. The van der Waals surface area contributed by atoms with Crippen LogP contribution < -0.4 is 5.32 Å². The smallest absolute Gasteiger partial charge is 0.227 e. The SMILES string of the molecule is CCC(C)C(=O)Nc1ccc(F)c(Cl)c1. The summed E-state index contributed by atoms with van der Waals surface area (Å²) in [7, 11) is 0. The van der Waals surface area contributed by atoms with Crippen molar-refractivity contribution in [3.8, 4) is 0 Å². The zero-order valence-electron chi connectivity index (χ0n) is 8.68. The van der Waals surface area contributed by atoms with Crippen LogP contribution in [0.2, 0.25) is 5.02 Å². The molecule has 2 nitrogen and oxygen atoms in total. The van der Waals surface area contributed by atoms with Crippen molar-refractivity contribution in [1.29, 1.82) is 0 Å². The Morgan fingerprint density at radius 2 is 2.27 bits per heavy atom. The number of hydrogen-bond donors (Lipinski definition) is 1. The van der Waals surface area contributed by atoms with Crippen molar-refractivity contribution < 1.29 is 9.18 Å².